The molecule has 4 aliphatic rings. The van der Waals surface area contributed by atoms with Gasteiger partial charge in [-0.05, 0) is 127 Å². The molecule has 1 unspecified atom stereocenters. The molecule has 11 heteroatoms. The number of amides is 3. The zero-order chi connectivity index (χ0) is 35.9. The van der Waals surface area contributed by atoms with Crippen molar-refractivity contribution >= 4 is 45.0 Å². The van der Waals surface area contributed by atoms with E-state index in [9.17, 15) is 19.2 Å². The van der Waals surface area contributed by atoms with E-state index < -0.39 is 0 Å². The first-order valence-electron chi connectivity index (χ1n) is 18.4. The molecular formula is C40H49BrN6O4. The number of anilines is 2. The van der Waals surface area contributed by atoms with Gasteiger partial charge in [-0.1, -0.05) is 18.2 Å². The van der Waals surface area contributed by atoms with Crippen molar-refractivity contribution in [2.75, 3.05) is 56.5 Å². The van der Waals surface area contributed by atoms with E-state index in [0.29, 0.717) is 23.2 Å². The van der Waals surface area contributed by atoms with Gasteiger partial charge in [0.2, 0.25) is 11.8 Å². The smallest absolute Gasteiger partial charge is 0.266 e. The second-order valence-corrected chi connectivity index (χ2v) is 16.2. The summed E-state index contributed by atoms with van der Waals surface area (Å²) < 4.78 is 2.12. The molecule has 51 heavy (non-hydrogen) atoms. The first-order valence-corrected chi connectivity index (χ1v) is 19.2. The van der Waals surface area contributed by atoms with Crippen LogP contribution in [0.2, 0.25) is 0 Å². The lowest BCUT2D eigenvalue weighted by Crippen LogP contribution is -2.48. The second-order valence-electron chi connectivity index (χ2n) is 15.4. The van der Waals surface area contributed by atoms with Crippen molar-refractivity contribution in [1.29, 1.82) is 0 Å². The van der Waals surface area contributed by atoms with E-state index in [-0.39, 0.29) is 40.7 Å². The maximum Gasteiger partial charge on any atom is 0.266 e. The fourth-order valence-electron chi connectivity index (χ4n) is 8.84. The van der Waals surface area contributed by atoms with E-state index in [1.54, 1.807) is 17.8 Å². The number of carbonyl (C=O) groups is 3. The minimum Gasteiger partial charge on any atom is -0.380 e. The van der Waals surface area contributed by atoms with Crippen LogP contribution in [-0.4, -0.2) is 84.4 Å². The first kappa shape index (κ1) is 35.4. The maximum atomic E-state index is 13.6. The number of benzene rings is 2. The summed E-state index contributed by atoms with van der Waals surface area (Å²) in [5, 5.41) is 6.07. The summed E-state index contributed by atoms with van der Waals surface area (Å²) in [6.07, 6.45) is 7.98. The van der Waals surface area contributed by atoms with Gasteiger partial charge in [0.05, 0.1) is 11.6 Å². The van der Waals surface area contributed by atoms with Gasteiger partial charge >= 0.3 is 0 Å². The first-order chi connectivity index (χ1) is 24.5. The molecule has 270 valence electrons. The normalized spacial score (nSPS) is 24.0. The fraction of sp³-hybridized carbons (Fsp3) is 0.500. The standard InChI is InChI=1S/C40H49BrN6O4/c1-26-22-31(8-9-32(26)33-10-11-35(48)43-37(33)49)46-18-13-40(14-19-46)15-20-47(21-16-40)38(50)28-6-4-27(5-7-28)29-23-30(25-44(2)24-29)42-34-12-17-45(3)39(51)36(34)41/h4-9,12,17,22,29-30,33,42H,10-11,13-16,18-21,23-25H2,1-3H3,(H,43,48,49)/t29-,30+,33?/m1/s1. The van der Waals surface area contributed by atoms with Crippen molar-refractivity contribution in [2.24, 2.45) is 12.5 Å². The van der Waals surface area contributed by atoms with Gasteiger partial charge in [0, 0.05) is 76.2 Å². The molecule has 1 aromatic heterocycles. The topological polar surface area (TPSA) is 107 Å². The third kappa shape index (κ3) is 7.51. The molecule has 3 amide bonds. The molecule has 0 aliphatic carbocycles. The van der Waals surface area contributed by atoms with E-state index in [4.69, 9.17) is 0 Å². The number of rotatable bonds is 6. The summed E-state index contributed by atoms with van der Waals surface area (Å²) in [4.78, 5) is 56.9. The molecule has 2 aromatic carbocycles. The fourth-order valence-corrected chi connectivity index (χ4v) is 9.36. The number of nitrogens with one attached hydrogen (secondary N) is 2. The van der Waals surface area contributed by atoms with Gasteiger partial charge in [-0.15, -0.1) is 0 Å². The van der Waals surface area contributed by atoms with Crippen LogP contribution in [0.15, 0.2) is 64.0 Å². The molecule has 3 aromatic rings. The third-order valence-electron chi connectivity index (χ3n) is 12.0. The van der Waals surface area contributed by atoms with Gasteiger partial charge in [0.15, 0.2) is 0 Å². The lowest BCUT2D eigenvalue weighted by atomic mass is 9.71. The van der Waals surface area contributed by atoms with E-state index in [1.807, 2.05) is 23.1 Å². The number of piperidine rings is 4. The number of pyridine rings is 1. The minimum absolute atomic E-state index is 0.0574. The highest BCUT2D eigenvalue weighted by Crippen LogP contribution is 2.43. The highest BCUT2D eigenvalue weighted by Gasteiger charge is 2.39. The zero-order valence-electron chi connectivity index (χ0n) is 29.9. The van der Waals surface area contributed by atoms with Crippen LogP contribution in [-0.2, 0) is 16.6 Å². The highest BCUT2D eigenvalue weighted by molar-refractivity contribution is 9.10. The number of likely N-dealkylation sites (tertiary alicyclic amines) is 2. The van der Waals surface area contributed by atoms with Crippen LogP contribution in [0.3, 0.4) is 0 Å². The number of carbonyl (C=O) groups excluding carboxylic acids is 3. The Labute approximate surface area is 308 Å². The van der Waals surface area contributed by atoms with Crippen molar-refractivity contribution < 1.29 is 14.4 Å². The molecule has 0 bridgehead atoms. The number of aryl methyl sites for hydroxylation is 2. The summed E-state index contributed by atoms with van der Waals surface area (Å²) >= 11 is 3.47. The molecule has 2 N–H and O–H groups in total. The maximum absolute atomic E-state index is 13.6. The summed E-state index contributed by atoms with van der Waals surface area (Å²) in [5.41, 5.74) is 6.33. The molecule has 4 fully saturated rings. The number of nitrogens with zero attached hydrogens (tertiary/aromatic N) is 4. The van der Waals surface area contributed by atoms with Crippen molar-refractivity contribution in [3.8, 4) is 0 Å². The average molecular weight is 758 g/mol. The quantitative estimate of drug-likeness (QED) is 0.325. The van der Waals surface area contributed by atoms with Crippen LogP contribution in [0.1, 0.15) is 83.8 Å². The monoisotopic (exact) mass is 756 g/mol. The second kappa shape index (κ2) is 14.6. The Bertz CT molecular complexity index is 1860. The van der Waals surface area contributed by atoms with Crippen LogP contribution >= 0.6 is 15.9 Å². The van der Waals surface area contributed by atoms with E-state index in [1.165, 1.54) is 11.3 Å². The molecule has 3 atom stereocenters. The van der Waals surface area contributed by atoms with Crippen molar-refractivity contribution in [3.05, 3.63) is 91.8 Å². The van der Waals surface area contributed by atoms with E-state index in [0.717, 1.165) is 93.8 Å². The highest BCUT2D eigenvalue weighted by atomic mass is 79.9. The Morgan fingerprint density at radius 2 is 1.63 bits per heavy atom. The Morgan fingerprint density at radius 3 is 2.31 bits per heavy atom. The lowest BCUT2D eigenvalue weighted by molar-refractivity contribution is -0.134. The average Bonchev–Trinajstić information content (AvgIpc) is 3.12. The predicted octanol–water partition coefficient (Wildman–Crippen LogP) is 5.40. The molecule has 0 radical (unpaired) electrons. The molecule has 4 saturated heterocycles. The number of halogens is 1. The van der Waals surface area contributed by atoms with E-state index in [2.05, 4.69) is 80.7 Å². The minimum atomic E-state index is -0.260. The van der Waals surface area contributed by atoms with Gasteiger partial charge in [-0.2, -0.15) is 0 Å². The van der Waals surface area contributed by atoms with Gasteiger partial charge < -0.3 is 24.6 Å². The van der Waals surface area contributed by atoms with Crippen LogP contribution in [0.5, 0.6) is 0 Å². The molecular weight excluding hydrogens is 708 g/mol. The molecule has 5 heterocycles. The molecule has 10 nitrogen and oxygen atoms in total. The Kier molecular flexibility index (Phi) is 10.1. The predicted molar refractivity (Wildman–Crippen MR) is 203 cm³/mol. The van der Waals surface area contributed by atoms with Crippen LogP contribution in [0.25, 0.3) is 0 Å². The number of hydrogen-bond donors (Lipinski definition) is 2. The van der Waals surface area contributed by atoms with Gasteiger partial charge in [-0.3, -0.25) is 24.5 Å². The van der Waals surface area contributed by atoms with E-state index >= 15 is 0 Å². The molecule has 0 saturated carbocycles. The number of aromatic nitrogens is 1. The van der Waals surface area contributed by atoms with Gasteiger partial charge in [0.25, 0.3) is 11.5 Å². The Hall–Kier alpha value is -3.96. The molecule has 1 spiro atoms. The lowest BCUT2D eigenvalue weighted by Gasteiger charge is -2.47. The van der Waals surface area contributed by atoms with Crippen LogP contribution in [0, 0.1) is 12.3 Å². The Morgan fingerprint density at radius 1 is 0.922 bits per heavy atom. The number of likely N-dealkylation sites (N-methyl/N-ethyl adjacent to an activating group) is 1. The molecule has 7 rings (SSSR count). The van der Waals surface area contributed by atoms with Crippen molar-refractivity contribution in [2.45, 2.75) is 69.7 Å². The summed E-state index contributed by atoms with van der Waals surface area (Å²) in [5.74, 6) is -0.186. The largest absolute Gasteiger partial charge is 0.380 e. The van der Waals surface area contributed by atoms with Crippen molar-refractivity contribution in [1.82, 2.24) is 19.7 Å². The SMILES string of the molecule is Cc1cc(N2CCC3(CCN(C(=O)c4ccc([C@@H]5C[C@H](Nc6ccn(C)c(=O)c6Br)CN(C)C5)cc4)CC3)CC2)ccc1C1CCC(=O)NC1=O. The zero-order valence-corrected chi connectivity index (χ0v) is 31.5. The van der Waals surface area contributed by atoms with Gasteiger partial charge in [0.1, 0.15) is 4.47 Å². The number of imide groups is 1. The van der Waals surface area contributed by atoms with Crippen LogP contribution in [0.4, 0.5) is 11.4 Å². The van der Waals surface area contributed by atoms with Crippen LogP contribution < -0.4 is 21.1 Å². The third-order valence-corrected chi connectivity index (χ3v) is 12.8. The summed E-state index contributed by atoms with van der Waals surface area (Å²) in [7, 11) is 3.88. The molecule has 4 aliphatic heterocycles. The summed E-state index contributed by atoms with van der Waals surface area (Å²) in [6.45, 7) is 7.46. The number of hydrogen-bond acceptors (Lipinski definition) is 7. The van der Waals surface area contributed by atoms with Gasteiger partial charge in [-0.25, -0.2) is 0 Å². The summed E-state index contributed by atoms with van der Waals surface area (Å²) in [6, 6.07) is 16.8. The van der Waals surface area contributed by atoms with Crippen molar-refractivity contribution in [3.63, 3.8) is 0 Å². The Balaban J connectivity index is 0.911.